The molecule has 0 fully saturated rings. The maximum Gasteiger partial charge on any atom is 0.0297 e. The lowest BCUT2D eigenvalue weighted by atomic mass is 10.0. The number of rotatable bonds is 4. The minimum atomic E-state index is 0.366. The van der Waals surface area contributed by atoms with Crippen molar-refractivity contribution in [2.75, 3.05) is 0 Å². The van der Waals surface area contributed by atoms with Crippen LogP contribution in [0, 0.1) is 13.8 Å². The molecule has 2 heteroatoms. The Hall–Kier alpha value is -1.12. The molecule has 0 aliphatic rings. The average molecular weight is 318 g/mol. The molecule has 1 N–H and O–H groups in total. The van der Waals surface area contributed by atoms with Gasteiger partial charge in [0.25, 0.3) is 0 Å². The lowest BCUT2D eigenvalue weighted by Crippen LogP contribution is -2.18. The summed E-state index contributed by atoms with van der Waals surface area (Å²) in [7, 11) is 0. The van der Waals surface area contributed by atoms with E-state index in [0.717, 1.165) is 6.54 Å². The van der Waals surface area contributed by atoms with Gasteiger partial charge in [0.1, 0.15) is 0 Å². The Bertz CT molecular complexity index is 563. The largest absolute Gasteiger partial charge is 0.306 e. The van der Waals surface area contributed by atoms with Crippen molar-refractivity contribution in [3.8, 4) is 0 Å². The van der Waals surface area contributed by atoms with E-state index in [1.807, 2.05) is 0 Å². The molecule has 0 heterocycles. The van der Waals surface area contributed by atoms with E-state index in [9.17, 15) is 0 Å². The minimum Gasteiger partial charge on any atom is -0.306 e. The Morgan fingerprint density at radius 1 is 1.05 bits per heavy atom. The second kappa shape index (κ2) is 6.36. The van der Waals surface area contributed by atoms with Gasteiger partial charge in [0.05, 0.1) is 0 Å². The number of hydrogen-bond acceptors (Lipinski definition) is 1. The molecular formula is C17H20BrN. The van der Waals surface area contributed by atoms with Crippen molar-refractivity contribution < 1.29 is 0 Å². The molecule has 0 aliphatic heterocycles. The van der Waals surface area contributed by atoms with E-state index in [-0.39, 0.29) is 0 Å². The lowest BCUT2D eigenvalue weighted by molar-refractivity contribution is 0.572. The molecule has 0 spiro atoms. The molecule has 2 rings (SSSR count). The van der Waals surface area contributed by atoms with Crippen LogP contribution in [0.3, 0.4) is 0 Å². The highest BCUT2D eigenvalue weighted by atomic mass is 79.9. The summed E-state index contributed by atoms with van der Waals surface area (Å²) >= 11 is 3.54. The van der Waals surface area contributed by atoms with Crippen molar-refractivity contribution in [3.05, 3.63) is 69.2 Å². The topological polar surface area (TPSA) is 12.0 Å². The van der Waals surface area contributed by atoms with Crippen molar-refractivity contribution in [1.82, 2.24) is 5.32 Å². The second-order valence-electron chi connectivity index (χ2n) is 5.04. The molecule has 0 aliphatic carbocycles. The van der Waals surface area contributed by atoms with Gasteiger partial charge in [-0.15, -0.1) is 0 Å². The first kappa shape index (κ1) is 14.3. The highest BCUT2D eigenvalue weighted by Gasteiger charge is 2.07. The van der Waals surface area contributed by atoms with E-state index in [1.165, 1.54) is 26.7 Å². The first-order chi connectivity index (χ1) is 9.08. The van der Waals surface area contributed by atoms with Gasteiger partial charge in [-0.05, 0) is 49.1 Å². The molecule has 19 heavy (non-hydrogen) atoms. The quantitative estimate of drug-likeness (QED) is 0.844. The molecule has 1 atom stereocenters. The number of aryl methyl sites for hydroxylation is 2. The zero-order valence-corrected chi connectivity index (χ0v) is 13.3. The summed E-state index contributed by atoms with van der Waals surface area (Å²) in [5.74, 6) is 0. The Labute approximate surface area is 124 Å². The third kappa shape index (κ3) is 3.68. The predicted molar refractivity (Wildman–Crippen MR) is 85.3 cm³/mol. The summed E-state index contributed by atoms with van der Waals surface area (Å²) in [6.45, 7) is 7.40. The van der Waals surface area contributed by atoms with E-state index in [1.54, 1.807) is 0 Å². The van der Waals surface area contributed by atoms with Crippen molar-refractivity contribution in [3.63, 3.8) is 0 Å². The van der Waals surface area contributed by atoms with Crippen LogP contribution in [-0.4, -0.2) is 0 Å². The molecule has 100 valence electrons. The van der Waals surface area contributed by atoms with Crippen LogP contribution in [0.5, 0.6) is 0 Å². The van der Waals surface area contributed by atoms with Crippen LogP contribution in [0.4, 0.5) is 0 Å². The molecule has 0 amide bonds. The number of halogens is 1. The van der Waals surface area contributed by atoms with Crippen LogP contribution in [0.15, 0.2) is 46.9 Å². The van der Waals surface area contributed by atoms with Gasteiger partial charge in [0.2, 0.25) is 0 Å². The predicted octanol–water partition coefficient (Wildman–Crippen LogP) is 4.92. The summed E-state index contributed by atoms with van der Waals surface area (Å²) in [5.41, 5.74) is 5.31. The maximum atomic E-state index is 3.59. The molecule has 0 saturated heterocycles. The second-order valence-corrected chi connectivity index (χ2v) is 5.90. The Kier molecular flexibility index (Phi) is 4.78. The summed E-state index contributed by atoms with van der Waals surface area (Å²) in [6.07, 6.45) is 0. The van der Waals surface area contributed by atoms with Gasteiger partial charge < -0.3 is 5.32 Å². The van der Waals surface area contributed by atoms with Crippen LogP contribution < -0.4 is 5.32 Å². The van der Waals surface area contributed by atoms with Gasteiger partial charge in [0.15, 0.2) is 0 Å². The molecular weight excluding hydrogens is 298 g/mol. The SMILES string of the molecule is Cc1cc(CNC(C)c2ccccc2C)ccc1Br. The third-order valence-corrected chi connectivity index (χ3v) is 4.38. The van der Waals surface area contributed by atoms with Crippen LogP contribution in [0.25, 0.3) is 0 Å². The fourth-order valence-corrected chi connectivity index (χ4v) is 2.52. The lowest BCUT2D eigenvalue weighted by Gasteiger charge is -2.17. The van der Waals surface area contributed by atoms with Crippen LogP contribution in [0.1, 0.15) is 35.2 Å². The molecule has 1 nitrogen and oxygen atoms in total. The van der Waals surface area contributed by atoms with E-state index >= 15 is 0 Å². The molecule has 0 saturated carbocycles. The summed E-state index contributed by atoms with van der Waals surface area (Å²) in [4.78, 5) is 0. The van der Waals surface area contributed by atoms with Gasteiger partial charge in [-0.3, -0.25) is 0 Å². The monoisotopic (exact) mass is 317 g/mol. The van der Waals surface area contributed by atoms with Gasteiger partial charge in [-0.1, -0.05) is 52.3 Å². The number of benzene rings is 2. The van der Waals surface area contributed by atoms with Crippen molar-refractivity contribution in [2.45, 2.75) is 33.4 Å². The van der Waals surface area contributed by atoms with Gasteiger partial charge in [-0.25, -0.2) is 0 Å². The van der Waals surface area contributed by atoms with E-state index in [0.29, 0.717) is 6.04 Å². The highest BCUT2D eigenvalue weighted by Crippen LogP contribution is 2.19. The fraction of sp³-hybridized carbons (Fsp3) is 0.294. The minimum absolute atomic E-state index is 0.366. The summed E-state index contributed by atoms with van der Waals surface area (Å²) < 4.78 is 1.17. The first-order valence-corrected chi connectivity index (χ1v) is 7.41. The normalized spacial score (nSPS) is 12.4. The first-order valence-electron chi connectivity index (χ1n) is 6.62. The van der Waals surface area contributed by atoms with Gasteiger partial charge in [0, 0.05) is 17.1 Å². The molecule has 0 aromatic heterocycles. The van der Waals surface area contributed by atoms with Crippen molar-refractivity contribution in [2.24, 2.45) is 0 Å². The van der Waals surface area contributed by atoms with Gasteiger partial charge in [-0.2, -0.15) is 0 Å². The van der Waals surface area contributed by atoms with Crippen LogP contribution >= 0.6 is 15.9 Å². The molecule has 2 aromatic rings. The van der Waals surface area contributed by atoms with E-state index in [2.05, 4.69) is 84.5 Å². The van der Waals surface area contributed by atoms with Crippen molar-refractivity contribution >= 4 is 15.9 Å². The number of hydrogen-bond donors (Lipinski definition) is 1. The average Bonchev–Trinajstić information content (AvgIpc) is 2.40. The molecule has 0 radical (unpaired) electrons. The van der Waals surface area contributed by atoms with E-state index < -0.39 is 0 Å². The molecule has 1 unspecified atom stereocenters. The summed E-state index contributed by atoms with van der Waals surface area (Å²) in [5, 5.41) is 3.59. The maximum absolute atomic E-state index is 3.59. The zero-order chi connectivity index (χ0) is 13.8. The Balaban J connectivity index is 2.02. The van der Waals surface area contributed by atoms with Crippen LogP contribution in [-0.2, 0) is 6.54 Å². The zero-order valence-electron chi connectivity index (χ0n) is 11.7. The molecule has 0 bridgehead atoms. The summed E-state index contributed by atoms with van der Waals surface area (Å²) in [6, 6.07) is 15.4. The molecule has 2 aromatic carbocycles. The van der Waals surface area contributed by atoms with E-state index in [4.69, 9.17) is 0 Å². The fourth-order valence-electron chi connectivity index (χ4n) is 2.27. The number of nitrogens with one attached hydrogen (secondary N) is 1. The third-order valence-electron chi connectivity index (χ3n) is 3.49. The van der Waals surface area contributed by atoms with Crippen LogP contribution in [0.2, 0.25) is 0 Å². The van der Waals surface area contributed by atoms with Gasteiger partial charge >= 0.3 is 0 Å². The Morgan fingerprint density at radius 2 is 1.79 bits per heavy atom. The highest BCUT2D eigenvalue weighted by molar-refractivity contribution is 9.10. The Morgan fingerprint density at radius 3 is 2.47 bits per heavy atom. The smallest absolute Gasteiger partial charge is 0.0297 e. The standard InChI is InChI=1S/C17H20BrN/c1-12-6-4-5-7-16(12)14(3)19-11-15-8-9-17(18)13(2)10-15/h4-10,14,19H,11H2,1-3H3. The van der Waals surface area contributed by atoms with Crippen molar-refractivity contribution in [1.29, 1.82) is 0 Å².